The second kappa shape index (κ2) is 4.36. The Kier molecular flexibility index (Phi) is 3.24. The van der Waals surface area contributed by atoms with Crippen molar-refractivity contribution in [2.45, 2.75) is 52.1 Å². The molecule has 1 saturated carbocycles. The van der Waals surface area contributed by atoms with Gasteiger partial charge in [-0.05, 0) is 24.7 Å². The lowest BCUT2D eigenvalue weighted by molar-refractivity contribution is -0.140. The van der Waals surface area contributed by atoms with E-state index < -0.39 is 0 Å². The Morgan fingerprint density at radius 1 is 1.31 bits per heavy atom. The third-order valence-corrected chi connectivity index (χ3v) is 4.28. The fourth-order valence-corrected chi connectivity index (χ4v) is 3.11. The van der Waals surface area contributed by atoms with Crippen molar-refractivity contribution < 1.29 is 9.90 Å². The van der Waals surface area contributed by atoms with Crippen LogP contribution in [-0.4, -0.2) is 35.1 Å². The second-order valence-electron chi connectivity index (χ2n) is 6.01. The molecule has 1 saturated heterocycles. The van der Waals surface area contributed by atoms with Crippen molar-refractivity contribution in [3.8, 4) is 0 Å². The molecule has 3 heteroatoms. The van der Waals surface area contributed by atoms with E-state index in [0.29, 0.717) is 6.54 Å². The van der Waals surface area contributed by atoms with Gasteiger partial charge in [-0.2, -0.15) is 0 Å². The number of hydrogen-bond acceptors (Lipinski definition) is 2. The van der Waals surface area contributed by atoms with Crippen molar-refractivity contribution in [2.24, 2.45) is 11.3 Å². The van der Waals surface area contributed by atoms with E-state index in [-0.39, 0.29) is 23.3 Å². The summed E-state index contributed by atoms with van der Waals surface area (Å²) >= 11 is 0. The highest BCUT2D eigenvalue weighted by molar-refractivity contribution is 5.80. The van der Waals surface area contributed by atoms with Gasteiger partial charge in [-0.25, -0.2) is 0 Å². The van der Waals surface area contributed by atoms with Crippen LogP contribution in [0.1, 0.15) is 46.0 Å². The molecule has 1 N–H and O–H groups in total. The zero-order valence-electron chi connectivity index (χ0n) is 10.4. The van der Waals surface area contributed by atoms with E-state index >= 15 is 0 Å². The third-order valence-electron chi connectivity index (χ3n) is 4.28. The largest absolute Gasteiger partial charge is 0.391 e. The molecule has 1 heterocycles. The predicted molar refractivity (Wildman–Crippen MR) is 62.9 cm³/mol. The van der Waals surface area contributed by atoms with E-state index in [4.69, 9.17) is 0 Å². The van der Waals surface area contributed by atoms with Crippen molar-refractivity contribution in [2.75, 3.05) is 13.1 Å². The molecule has 3 nitrogen and oxygen atoms in total. The maximum Gasteiger partial charge on any atom is 0.226 e. The zero-order valence-corrected chi connectivity index (χ0v) is 10.4. The number of amides is 1. The Hall–Kier alpha value is -0.570. The summed E-state index contributed by atoms with van der Waals surface area (Å²) in [6.45, 7) is 5.71. The number of hydrogen-bond donors (Lipinski definition) is 1. The highest BCUT2D eigenvalue weighted by Crippen LogP contribution is 2.41. The minimum atomic E-state index is -0.296. The Bertz CT molecular complexity index is 275. The quantitative estimate of drug-likeness (QED) is 0.739. The summed E-state index contributed by atoms with van der Waals surface area (Å²) in [5, 5.41) is 9.48. The molecule has 1 amide bonds. The molecule has 0 aromatic heterocycles. The molecule has 2 fully saturated rings. The van der Waals surface area contributed by atoms with E-state index in [0.717, 1.165) is 25.8 Å². The highest BCUT2D eigenvalue weighted by Gasteiger charge is 2.40. The summed E-state index contributed by atoms with van der Waals surface area (Å²) in [5.74, 6) is 0.452. The molecule has 0 bridgehead atoms. The molecule has 1 aliphatic carbocycles. The van der Waals surface area contributed by atoms with Crippen molar-refractivity contribution in [1.82, 2.24) is 4.90 Å². The fraction of sp³-hybridized carbons (Fsp3) is 0.923. The van der Waals surface area contributed by atoms with Gasteiger partial charge in [0, 0.05) is 19.0 Å². The Morgan fingerprint density at radius 3 is 2.62 bits per heavy atom. The van der Waals surface area contributed by atoms with Gasteiger partial charge in [0.15, 0.2) is 0 Å². The predicted octanol–water partition coefficient (Wildman–Crippen LogP) is 1.80. The lowest BCUT2D eigenvalue weighted by Crippen LogP contribution is -2.43. The molecule has 92 valence electrons. The van der Waals surface area contributed by atoms with Crippen LogP contribution in [0.15, 0.2) is 0 Å². The summed E-state index contributed by atoms with van der Waals surface area (Å²) in [5.41, 5.74) is 0.142. The van der Waals surface area contributed by atoms with Crippen LogP contribution in [0.25, 0.3) is 0 Å². The summed E-state index contributed by atoms with van der Waals surface area (Å²) < 4.78 is 0. The minimum absolute atomic E-state index is 0.142. The molecule has 0 spiro atoms. The number of aliphatic hydroxyl groups is 1. The van der Waals surface area contributed by atoms with Crippen LogP contribution in [0.5, 0.6) is 0 Å². The summed E-state index contributed by atoms with van der Waals surface area (Å²) in [4.78, 5) is 14.2. The van der Waals surface area contributed by atoms with E-state index in [2.05, 4.69) is 13.8 Å². The lowest BCUT2D eigenvalue weighted by atomic mass is 9.68. The smallest absolute Gasteiger partial charge is 0.226 e. The van der Waals surface area contributed by atoms with Crippen LogP contribution in [0.4, 0.5) is 0 Å². The van der Waals surface area contributed by atoms with Crippen molar-refractivity contribution >= 4 is 5.91 Å². The molecule has 2 unspecified atom stereocenters. The lowest BCUT2D eigenvalue weighted by Gasteiger charge is -2.39. The first-order valence-corrected chi connectivity index (χ1v) is 6.47. The third kappa shape index (κ3) is 2.24. The molecular formula is C13H23NO2. The fourth-order valence-electron chi connectivity index (χ4n) is 3.11. The van der Waals surface area contributed by atoms with E-state index in [1.807, 2.05) is 4.90 Å². The van der Waals surface area contributed by atoms with Gasteiger partial charge in [0.2, 0.25) is 5.91 Å². The molecule has 1 aliphatic heterocycles. The maximum atomic E-state index is 12.4. The number of carbonyl (C=O) groups excluding carboxylic acids is 1. The minimum Gasteiger partial charge on any atom is -0.391 e. The van der Waals surface area contributed by atoms with Gasteiger partial charge >= 0.3 is 0 Å². The normalized spacial score (nSPS) is 34.1. The maximum absolute atomic E-state index is 12.4. The number of rotatable bonds is 1. The second-order valence-corrected chi connectivity index (χ2v) is 6.01. The average Bonchev–Trinajstić information content (AvgIpc) is 2.63. The van der Waals surface area contributed by atoms with E-state index in [9.17, 15) is 9.90 Å². The summed E-state index contributed by atoms with van der Waals surface area (Å²) in [6, 6.07) is 0. The van der Waals surface area contributed by atoms with E-state index in [1.165, 1.54) is 12.8 Å². The first-order valence-electron chi connectivity index (χ1n) is 6.47. The van der Waals surface area contributed by atoms with Crippen LogP contribution >= 0.6 is 0 Å². The van der Waals surface area contributed by atoms with Crippen LogP contribution in [-0.2, 0) is 4.79 Å². The Balaban J connectivity index is 2.03. The van der Waals surface area contributed by atoms with Crippen LogP contribution in [0.2, 0.25) is 0 Å². The molecular weight excluding hydrogens is 202 g/mol. The van der Waals surface area contributed by atoms with Gasteiger partial charge in [0.25, 0.3) is 0 Å². The molecule has 16 heavy (non-hydrogen) atoms. The number of aliphatic hydroxyl groups excluding tert-OH is 1. The number of β-amino-alcohol motifs (C(OH)–C–C–N with tert-alkyl or cyclic N) is 1. The standard InChI is InChI=1S/C13H23NO2/c1-13(2)7-4-3-5-11(13)12(16)14-8-6-10(15)9-14/h10-11,15H,3-9H2,1-2H3. The van der Waals surface area contributed by atoms with Gasteiger partial charge in [-0.3, -0.25) is 4.79 Å². The van der Waals surface area contributed by atoms with Gasteiger partial charge < -0.3 is 10.0 Å². The molecule has 0 aromatic rings. The number of carbonyl (C=O) groups is 1. The van der Waals surface area contributed by atoms with E-state index in [1.54, 1.807) is 0 Å². The van der Waals surface area contributed by atoms with Crippen molar-refractivity contribution in [3.63, 3.8) is 0 Å². The monoisotopic (exact) mass is 225 g/mol. The van der Waals surface area contributed by atoms with Crippen LogP contribution in [0, 0.1) is 11.3 Å². The summed E-state index contributed by atoms with van der Waals surface area (Å²) in [6.07, 6.45) is 5.06. The van der Waals surface area contributed by atoms with Gasteiger partial charge in [0.1, 0.15) is 0 Å². The molecule has 2 rings (SSSR count). The Labute approximate surface area is 97.8 Å². The van der Waals surface area contributed by atoms with Crippen molar-refractivity contribution in [1.29, 1.82) is 0 Å². The van der Waals surface area contributed by atoms with Crippen LogP contribution in [0.3, 0.4) is 0 Å². The van der Waals surface area contributed by atoms with Gasteiger partial charge in [-0.1, -0.05) is 26.7 Å². The first-order chi connectivity index (χ1) is 7.50. The number of nitrogens with zero attached hydrogens (tertiary/aromatic N) is 1. The molecule has 2 aliphatic rings. The van der Waals surface area contributed by atoms with Gasteiger partial charge in [-0.15, -0.1) is 0 Å². The van der Waals surface area contributed by atoms with Gasteiger partial charge in [0.05, 0.1) is 6.10 Å². The van der Waals surface area contributed by atoms with Crippen LogP contribution < -0.4 is 0 Å². The molecule has 2 atom stereocenters. The average molecular weight is 225 g/mol. The molecule has 0 radical (unpaired) electrons. The zero-order chi connectivity index (χ0) is 11.8. The Morgan fingerprint density at radius 2 is 2.06 bits per heavy atom. The topological polar surface area (TPSA) is 40.5 Å². The SMILES string of the molecule is CC1(C)CCCCC1C(=O)N1CCC(O)C1. The highest BCUT2D eigenvalue weighted by atomic mass is 16.3. The molecule has 0 aromatic carbocycles. The van der Waals surface area contributed by atoms with Crippen molar-refractivity contribution in [3.05, 3.63) is 0 Å². The first kappa shape index (κ1) is 11.9. The summed E-state index contributed by atoms with van der Waals surface area (Å²) in [7, 11) is 0. The number of likely N-dealkylation sites (tertiary alicyclic amines) is 1.